The molecule has 4 amide bonds. The molecule has 13 N–H and O–H groups in total. The molecule has 0 aliphatic rings. The van der Waals surface area contributed by atoms with E-state index in [2.05, 4.69) is 50.1 Å². The maximum Gasteiger partial charge on any atom is 0.244 e. The monoisotopic (exact) mass is 2030 g/mol. The minimum absolute atomic E-state index is 0.00674. The number of ketones is 3. The quantitative estimate of drug-likeness (QED) is 0.0168. The van der Waals surface area contributed by atoms with Gasteiger partial charge in [0.05, 0.1) is 37.4 Å². The number of amides is 4. The molecule has 0 aliphatic heterocycles. The average molecular weight is 2030 g/mol. The Morgan fingerprint density at radius 1 is 0.296 bits per heavy atom. The van der Waals surface area contributed by atoms with E-state index < -0.39 is 94.5 Å². The predicted molar refractivity (Wildman–Crippen MR) is 542 cm³/mol. The molecule has 10 rings (SSSR count). The number of nitrogens with one attached hydrogen (secondary N) is 8. The van der Waals surface area contributed by atoms with Crippen LogP contribution in [-0.2, 0) is 113 Å². The summed E-state index contributed by atoms with van der Waals surface area (Å²) in [5, 5.41) is 41.1. The number of sulfonamides is 4. The predicted octanol–water partition coefficient (Wildman–Crippen LogP) is 10.9. The number of ether oxygens (including phenoxy) is 4. The van der Waals surface area contributed by atoms with Gasteiger partial charge >= 0.3 is 0 Å². The zero-order valence-electron chi connectivity index (χ0n) is 81.6. The average Bonchev–Trinajstić information content (AvgIpc) is 0.830. The van der Waals surface area contributed by atoms with E-state index in [4.69, 9.17) is 24.7 Å². The molecule has 0 saturated carbocycles. The molecule has 0 fully saturated rings. The van der Waals surface area contributed by atoms with Gasteiger partial charge in [-0.25, -0.2) is 52.6 Å². The zero-order valence-corrected chi connectivity index (χ0v) is 84.9. The molecule has 10 aromatic rings. The fourth-order valence-corrected chi connectivity index (χ4v) is 19.0. The van der Waals surface area contributed by atoms with Gasteiger partial charge in [-0.05, 0) is 156 Å². The topological polar surface area (TPSA) is 502 Å². The lowest BCUT2D eigenvalue weighted by molar-refractivity contribution is -0.131. The fourth-order valence-electron chi connectivity index (χ4n) is 14.2. The van der Waals surface area contributed by atoms with Crippen LogP contribution in [0, 0.1) is 41.4 Å². The van der Waals surface area contributed by atoms with Crippen LogP contribution in [0.2, 0.25) is 0 Å². The van der Waals surface area contributed by atoms with Gasteiger partial charge in [0.2, 0.25) is 63.7 Å². The van der Waals surface area contributed by atoms with Crippen LogP contribution in [0.15, 0.2) is 287 Å². The number of carbonyl (C=O) groups excluding carboxylic acids is 7. The highest BCUT2D eigenvalue weighted by Crippen LogP contribution is 2.30. The molecular formula is C105H135N11O22S4. The molecule has 0 aliphatic carbocycles. The number of carbonyl (C=O) groups is 7. The highest BCUT2D eigenvalue weighted by Gasteiger charge is 2.30. The molecule has 766 valence electrons. The number of hydrogen-bond acceptors (Lipinski definition) is 25. The Balaban J connectivity index is 0.000000259. The van der Waals surface area contributed by atoms with Crippen LogP contribution in [0.25, 0.3) is 0 Å². The number of hydrogen-bond donors (Lipinski definition) is 12. The molecule has 0 saturated heterocycles. The van der Waals surface area contributed by atoms with E-state index in [9.17, 15) is 82.6 Å². The number of rotatable bonds is 56. The SMILES string of the molecule is CC(C)CC(C)C(=O)NCC(O)CNS(=O)(=O)c1ccccc1OCc1ccccc1.CC(C)C[C@H](CC(=O)Cc1ccncc1)C(=O)NCC(=O)CNS(=O)(=O)c1ccccc1OCc1ccccc1.CC(C)C[C@H](CC(=O)Cc1ccncc1)C(=O)NCC(O)CNS(=O)(=O)c1ccccc1OCc1ccccc1.CC(C)C[C@H](N)C(=O)NCC(O)CNS(=O)(=O)c1ccccc1OCc1ccccc1. The molecule has 142 heavy (non-hydrogen) atoms. The van der Waals surface area contributed by atoms with Crippen LogP contribution in [0.1, 0.15) is 134 Å². The van der Waals surface area contributed by atoms with Gasteiger partial charge in [0.25, 0.3) is 0 Å². The molecule has 37 heteroatoms. The van der Waals surface area contributed by atoms with E-state index in [0.29, 0.717) is 25.2 Å². The molecular weight excluding hydrogens is 1900 g/mol. The van der Waals surface area contributed by atoms with Crippen LogP contribution in [0.5, 0.6) is 23.0 Å². The number of benzene rings is 8. The molecule has 2 aromatic heterocycles. The first-order chi connectivity index (χ1) is 67.6. The summed E-state index contributed by atoms with van der Waals surface area (Å²) in [5.41, 5.74) is 11.0. The second-order valence-electron chi connectivity index (χ2n) is 35.7. The molecule has 7 atom stereocenters. The number of pyridine rings is 2. The van der Waals surface area contributed by atoms with Crippen molar-refractivity contribution >= 4 is 81.1 Å². The van der Waals surface area contributed by atoms with Gasteiger partial charge in [-0.15, -0.1) is 0 Å². The Morgan fingerprint density at radius 2 is 0.563 bits per heavy atom. The number of Topliss-reactive ketones (excluding diaryl/α,β-unsaturated/α-hetero) is 3. The van der Waals surface area contributed by atoms with E-state index in [1.807, 2.05) is 184 Å². The Labute approximate surface area is 834 Å². The number of aliphatic hydroxyl groups excluding tert-OH is 3. The largest absolute Gasteiger partial charge is 0.487 e. The van der Waals surface area contributed by atoms with E-state index in [1.165, 1.54) is 24.3 Å². The van der Waals surface area contributed by atoms with E-state index in [1.54, 1.807) is 122 Å². The molecule has 2 heterocycles. The van der Waals surface area contributed by atoms with E-state index in [-0.39, 0.29) is 193 Å². The number of aromatic nitrogens is 2. The second kappa shape index (κ2) is 60.8. The first-order valence-corrected chi connectivity index (χ1v) is 52.8. The van der Waals surface area contributed by atoms with Crippen molar-refractivity contribution in [2.45, 2.75) is 184 Å². The van der Waals surface area contributed by atoms with Gasteiger partial charge in [0, 0.05) is 107 Å². The van der Waals surface area contributed by atoms with E-state index in [0.717, 1.165) is 39.8 Å². The smallest absolute Gasteiger partial charge is 0.244 e. The maximum absolute atomic E-state index is 13.0. The van der Waals surface area contributed by atoms with Crippen molar-refractivity contribution < 1.29 is 101 Å². The van der Waals surface area contributed by atoms with Crippen molar-refractivity contribution in [3.8, 4) is 23.0 Å². The molecule has 4 unspecified atom stereocenters. The van der Waals surface area contributed by atoms with Crippen molar-refractivity contribution in [2.75, 3.05) is 52.4 Å². The fraction of sp³-hybridized carbons (Fsp3) is 0.381. The maximum atomic E-state index is 13.0. The zero-order chi connectivity index (χ0) is 104. The van der Waals surface area contributed by atoms with Crippen LogP contribution < -0.4 is 64.8 Å². The summed E-state index contributed by atoms with van der Waals surface area (Å²) in [6.07, 6.45) is 5.91. The Kier molecular flexibility index (Phi) is 49.9. The van der Waals surface area contributed by atoms with Crippen molar-refractivity contribution in [3.05, 3.63) is 301 Å². The normalized spacial score (nSPS) is 13.0. The molecule has 0 radical (unpaired) electrons. The summed E-state index contributed by atoms with van der Waals surface area (Å²) in [5.74, 6) is -1.48. The van der Waals surface area contributed by atoms with Gasteiger partial charge < -0.3 is 61.3 Å². The minimum atomic E-state index is -4.06. The van der Waals surface area contributed by atoms with Crippen molar-refractivity contribution in [2.24, 2.45) is 47.2 Å². The lowest BCUT2D eigenvalue weighted by Crippen LogP contribution is -2.46. The van der Waals surface area contributed by atoms with Crippen LogP contribution >= 0.6 is 0 Å². The third-order valence-electron chi connectivity index (χ3n) is 21.3. The molecule has 33 nitrogen and oxygen atoms in total. The summed E-state index contributed by atoms with van der Waals surface area (Å²) in [6, 6.07) is 69.0. The van der Waals surface area contributed by atoms with Gasteiger partial charge in [-0.3, -0.25) is 43.5 Å². The lowest BCUT2D eigenvalue weighted by atomic mass is 9.90. The first kappa shape index (κ1) is 117. The van der Waals surface area contributed by atoms with Gasteiger partial charge in [0.15, 0.2) is 5.78 Å². The van der Waals surface area contributed by atoms with Crippen molar-refractivity contribution in [3.63, 3.8) is 0 Å². The highest BCUT2D eigenvalue weighted by molar-refractivity contribution is 7.90. The number of para-hydroxylation sites is 4. The number of nitrogens with zero attached hydrogens (tertiary/aromatic N) is 2. The number of nitrogens with two attached hydrogens (primary N) is 1. The summed E-state index contributed by atoms with van der Waals surface area (Å²) in [4.78, 5) is 95.1. The Morgan fingerprint density at radius 3 is 0.866 bits per heavy atom. The highest BCUT2D eigenvalue weighted by atomic mass is 32.2. The van der Waals surface area contributed by atoms with Gasteiger partial charge in [-0.1, -0.05) is 232 Å². The number of aliphatic hydroxyl groups is 3. The molecule has 0 bridgehead atoms. The summed E-state index contributed by atoms with van der Waals surface area (Å²) in [7, 11) is -15.9. The molecule has 0 spiro atoms. The lowest BCUT2D eigenvalue weighted by Gasteiger charge is -2.20. The van der Waals surface area contributed by atoms with Crippen molar-refractivity contribution in [1.82, 2.24) is 50.1 Å². The van der Waals surface area contributed by atoms with Gasteiger partial charge in [0.1, 0.15) is 80.6 Å². The molecule has 8 aromatic carbocycles. The third kappa shape index (κ3) is 44.0. The first-order valence-electron chi connectivity index (χ1n) is 46.9. The van der Waals surface area contributed by atoms with E-state index >= 15 is 0 Å². The summed E-state index contributed by atoms with van der Waals surface area (Å²) < 4.78 is 135. The van der Waals surface area contributed by atoms with Gasteiger partial charge in [-0.2, -0.15) is 0 Å². The van der Waals surface area contributed by atoms with Crippen LogP contribution in [0.3, 0.4) is 0 Å². The van der Waals surface area contributed by atoms with Crippen LogP contribution in [-0.4, -0.2) is 177 Å². The van der Waals surface area contributed by atoms with Crippen LogP contribution in [0.4, 0.5) is 0 Å². The Hall–Kier alpha value is -12.4. The standard InChI is InChI=1S/C30H37N3O6S.C30H35N3O6S.C23H32N2O5S.C22H31N3O5S/c2*1-22(2)16-25(18-26(34)17-23-12-14-31-15-13-23)30(36)32-19-27(35)20-33-40(37,38)29-11-7-6-10-28(29)39-21-24-8-4-3-5-9-24;1-17(2)13-18(3)23(27)24-14-20(26)15-25-31(28,29)22-12-8-7-11-21(22)30-16-19-9-5-4-6-10-19;1-16(2)12-19(23)22(27)24-13-18(26)14-25-31(28,29)21-11-7-6-10-20(21)30-15-17-8-4-3-5-9-17/h3-15,22,25,27,33,35H,16-21H2,1-2H3,(H,32,36);3-15,22,25,33H,16-21H2,1-2H3,(H,32,36);4-12,17-18,20,25-26H,13-16H2,1-3H3,(H,24,27);3-11,16,18-19,25-26H,12-15,23H2,1-2H3,(H,24,27)/t25-,27?;25-;;18?,19-/m11.0/s1. The second-order valence-corrected chi connectivity index (χ2v) is 42.6. The summed E-state index contributed by atoms with van der Waals surface area (Å²) >= 11 is 0. The minimum Gasteiger partial charge on any atom is -0.487 e. The Bertz CT molecular complexity index is 5880. The van der Waals surface area contributed by atoms with Crippen molar-refractivity contribution in [1.29, 1.82) is 0 Å². The third-order valence-corrected chi connectivity index (χ3v) is 27.2. The summed E-state index contributed by atoms with van der Waals surface area (Å²) in [6.45, 7) is 16.5.